The summed E-state index contributed by atoms with van der Waals surface area (Å²) in [6.45, 7) is 1.39. The molecule has 0 aliphatic carbocycles. The van der Waals surface area contributed by atoms with Crippen LogP contribution in [0.15, 0.2) is 10.5 Å². The number of halogens is 2. The number of aromatic hydroxyl groups is 1. The first kappa shape index (κ1) is 12.8. The Hall–Kier alpha value is -1.30. The summed E-state index contributed by atoms with van der Waals surface area (Å²) in [4.78, 5) is 10.8. The zero-order valence-electron chi connectivity index (χ0n) is 8.62. The van der Waals surface area contributed by atoms with Gasteiger partial charge in [0.1, 0.15) is 0 Å². The number of carboxylic acids is 1. The summed E-state index contributed by atoms with van der Waals surface area (Å²) >= 11 is 2.93. The first-order chi connectivity index (χ1) is 7.40. The molecule has 2 N–H and O–H groups in total. The number of phenolic OH excluding ortho intramolecular Hbond substituents is 1. The van der Waals surface area contributed by atoms with Gasteiger partial charge in [0.15, 0.2) is 17.3 Å². The van der Waals surface area contributed by atoms with E-state index in [1.165, 1.54) is 20.1 Å². The standard InChI is InChI=1S/C10H10BrFO4/c1-4(10(14)15)5-3-6(11)7(12)9(16-2)8(5)13/h3-4,13H,1-2H3,(H,14,15). The molecule has 0 aliphatic heterocycles. The Labute approximate surface area is 99.8 Å². The van der Waals surface area contributed by atoms with E-state index in [4.69, 9.17) is 5.11 Å². The molecular weight excluding hydrogens is 283 g/mol. The minimum absolute atomic E-state index is 0.0465. The topological polar surface area (TPSA) is 66.8 Å². The van der Waals surface area contributed by atoms with Crippen molar-refractivity contribution < 1.29 is 24.1 Å². The van der Waals surface area contributed by atoms with Crippen LogP contribution in [0.25, 0.3) is 0 Å². The van der Waals surface area contributed by atoms with Crippen LogP contribution >= 0.6 is 15.9 Å². The average Bonchev–Trinajstić information content (AvgIpc) is 2.23. The highest BCUT2D eigenvalue weighted by molar-refractivity contribution is 9.10. The molecule has 0 amide bonds. The van der Waals surface area contributed by atoms with Gasteiger partial charge < -0.3 is 14.9 Å². The van der Waals surface area contributed by atoms with E-state index in [9.17, 15) is 14.3 Å². The van der Waals surface area contributed by atoms with Gasteiger partial charge in [-0.2, -0.15) is 0 Å². The lowest BCUT2D eigenvalue weighted by Crippen LogP contribution is -2.08. The van der Waals surface area contributed by atoms with E-state index >= 15 is 0 Å². The quantitative estimate of drug-likeness (QED) is 0.898. The zero-order valence-corrected chi connectivity index (χ0v) is 10.2. The molecular formula is C10H10BrFO4. The van der Waals surface area contributed by atoms with Crippen molar-refractivity contribution >= 4 is 21.9 Å². The molecule has 0 bridgehead atoms. The number of aliphatic carboxylic acids is 1. The van der Waals surface area contributed by atoms with Gasteiger partial charge in [0.05, 0.1) is 17.5 Å². The van der Waals surface area contributed by atoms with Gasteiger partial charge in [0, 0.05) is 5.56 Å². The van der Waals surface area contributed by atoms with Gasteiger partial charge in [-0.05, 0) is 28.9 Å². The molecule has 0 aromatic heterocycles. The predicted octanol–water partition coefficient (Wildman–Crippen LogP) is 2.49. The number of rotatable bonds is 3. The van der Waals surface area contributed by atoms with E-state index in [1.54, 1.807) is 0 Å². The van der Waals surface area contributed by atoms with Crippen molar-refractivity contribution in [2.24, 2.45) is 0 Å². The summed E-state index contributed by atoms with van der Waals surface area (Å²) in [5.41, 5.74) is 0.0950. The molecule has 0 heterocycles. The summed E-state index contributed by atoms with van der Waals surface area (Å²) in [5.74, 6) is -3.68. The Kier molecular flexibility index (Phi) is 3.74. The third kappa shape index (κ3) is 2.11. The summed E-state index contributed by atoms with van der Waals surface area (Å²) in [6.07, 6.45) is 0. The molecule has 1 atom stereocenters. The monoisotopic (exact) mass is 292 g/mol. The van der Waals surface area contributed by atoms with Crippen LogP contribution in [0.4, 0.5) is 4.39 Å². The van der Waals surface area contributed by atoms with Crippen molar-refractivity contribution in [2.75, 3.05) is 7.11 Å². The lowest BCUT2D eigenvalue weighted by Gasteiger charge is -2.13. The first-order valence-corrected chi connectivity index (χ1v) is 5.17. The zero-order chi connectivity index (χ0) is 12.5. The Bertz CT molecular complexity index is 433. The molecule has 0 fully saturated rings. The van der Waals surface area contributed by atoms with Crippen molar-refractivity contribution in [1.82, 2.24) is 0 Å². The minimum Gasteiger partial charge on any atom is -0.504 e. The fourth-order valence-corrected chi connectivity index (χ4v) is 1.69. The highest BCUT2D eigenvalue weighted by Gasteiger charge is 2.24. The summed E-state index contributed by atoms with van der Waals surface area (Å²) in [5, 5.41) is 18.5. The van der Waals surface area contributed by atoms with Gasteiger partial charge in [0.25, 0.3) is 0 Å². The molecule has 6 heteroatoms. The molecule has 0 saturated heterocycles. The lowest BCUT2D eigenvalue weighted by atomic mass is 10.00. The highest BCUT2D eigenvalue weighted by atomic mass is 79.9. The predicted molar refractivity (Wildman–Crippen MR) is 58.4 cm³/mol. The smallest absolute Gasteiger partial charge is 0.310 e. The van der Waals surface area contributed by atoms with Gasteiger partial charge in [0.2, 0.25) is 0 Å². The fraction of sp³-hybridized carbons (Fsp3) is 0.300. The minimum atomic E-state index is -1.11. The summed E-state index contributed by atoms with van der Waals surface area (Å²) in [6, 6.07) is 1.23. The molecule has 88 valence electrons. The molecule has 1 unspecified atom stereocenters. The molecule has 0 saturated carbocycles. The van der Waals surface area contributed by atoms with Crippen molar-refractivity contribution in [3.63, 3.8) is 0 Å². The van der Waals surface area contributed by atoms with E-state index < -0.39 is 23.5 Å². The van der Waals surface area contributed by atoms with Gasteiger partial charge in [-0.15, -0.1) is 0 Å². The van der Waals surface area contributed by atoms with Crippen molar-refractivity contribution in [1.29, 1.82) is 0 Å². The van der Waals surface area contributed by atoms with Crippen LogP contribution in [0.5, 0.6) is 11.5 Å². The molecule has 0 aliphatic rings. The third-order valence-electron chi connectivity index (χ3n) is 2.22. The molecule has 0 spiro atoms. The second kappa shape index (κ2) is 4.69. The number of ether oxygens (including phenoxy) is 1. The molecule has 4 nitrogen and oxygen atoms in total. The lowest BCUT2D eigenvalue weighted by molar-refractivity contribution is -0.138. The number of methoxy groups -OCH3 is 1. The number of hydrogen-bond donors (Lipinski definition) is 2. The number of hydrogen-bond acceptors (Lipinski definition) is 3. The van der Waals surface area contributed by atoms with Crippen LogP contribution in [0, 0.1) is 5.82 Å². The summed E-state index contributed by atoms with van der Waals surface area (Å²) < 4.78 is 18.2. The first-order valence-electron chi connectivity index (χ1n) is 4.37. The maximum absolute atomic E-state index is 13.4. The number of carbonyl (C=O) groups is 1. The van der Waals surface area contributed by atoms with Gasteiger partial charge in [-0.25, -0.2) is 4.39 Å². The van der Waals surface area contributed by atoms with Crippen LogP contribution < -0.4 is 4.74 Å². The van der Waals surface area contributed by atoms with E-state index in [0.717, 1.165) is 0 Å². The number of phenols is 1. The van der Waals surface area contributed by atoms with E-state index in [2.05, 4.69) is 20.7 Å². The molecule has 1 aromatic rings. The molecule has 16 heavy (non-hydrogen) atoms. The Balaban J connectivity index is 3.42. The van der Waals surface area contributed by atoms with E-state index in [1.807, 2.05) is 0 Å². The van der Waals surface area contributed by atoms with Gasteiger partial charge in [-0.1, -0.05) is 0 Å². The SMILES string of the molecule is COc1c(O)c(C(C)C(=O)O)cc(Br)c1F. The maximum Gasteiger partial charge on any atom is 0.310 e. The van der Waals surface area contributed by atoms with Crippen LogP contribution in [-0.4, -0.2) is 23.3 Å². The molecule has 0 radical (unpaired) electrons. The van der Waals surface area contributed by atoms with E-state index in [0.29, 0.717) is 0 Å². The maximum atomic E-state index is 13.4. The molecule has 1 aromatic carbocycles. The van der Waals surface area contributed by atoms with E-state index in [-0.39, 0.29) is 15.8 Å². The van der Waals surface area contributed by atoms with Crippen LogP contribution in [0.3, 0.4) is 0 Å². The fourth-order valence-electron chi connectivity index (χ4n) is 1.26. The average molecular weight is 293 g/mol. The Morgan fingerprint density at radius 2 is 2.19 bits per heavy atom. The van der Waals surface area contributed by atoms with Crippen molar-refractivity contribution in [3.05, 3.63) is 21.9 Å². The Morgan fingerprint density at radius 1 is 1.62 bits per heavy atom. The summed E-state index contributed by atoms with van der Waals surface area (Å²) in [7, 11) is 1.19. The largest absolute Gasteiger partial charge is 0.504 e. The second-order valence-corrected chi connectivity index (χ2v) is 4.06. The van der Waals surface area contributed by atoms with Gasteiger partial charge >= 0.3 is 5.97 Å². The van der Waals surface area contributed by atoms with Crippen LogP contribution in [0.2, 0.25) is 0 Å². The van der Waals surface area contributed by atoms with Crippen LogP contribution in [-0.2, 0) is 4.79 Å². The normalized spacial score (nSPS) is 12.2. The Morgan fingerprint density at radius 3 is 2.62 bits per heavy atom. The number of carboxylic acid groups (broad SMARTS) is 1. The third-order valence-corrected chi connectivity index (χ3v) is 2.80. The second-order valence-electron chi connectivity index (χ2n) is 3.20. The number of benzene rings is 1. The highest BCUT2D eigenvalue weighted by Crippen LogP contribution is 2.40. The van der Waals surface area contributed by atoms with Crippen molar-refractivity contribution in [2.45, 2.75) is 12.8 Å². The van der Waals surface area contributed by atoms with Crippen LogP contribution in [0.1, 0.15) is 18.4 Å². The van der Waals surface area contributed by atoms with Crippen molar-refractivity contribution in [3.8, 4) is 11.5 Å². The van der Waals surface area contributed by atoms with Gasteiger partial charge in [-0.3, -0.25) is 4.79 Å². The molecule has 1 rings (SSSR count).